The largest absolute Gasteiger partial charge is 0.481 e. The van der Waals surface area contributed by atoms with Gasteiger partial charge in [0, 0.05) is 12.6 Å². The molecule has 98 valence electrons. The topological polar surface area (TPSA) is 69.6 Å². The Kier molecular flexibility index (Phi) is 4.40. The van der Waals surface area contributed by atoms with Gasteiger partial charge in [-0.3, -0.25) is 4.79 Å². The smallest absolute Gasteiger partial charge is 0.306 e. The first-order chi connectivity index (χ1) is 8.16. The summed E-state index contributed by atoms with van der Waals surface area (Å²) < 4.78 is 0. The van der Waals surface area contributed by atoms with Gasteiger partial charge in [-0.25, -0.2) is 0 Å². The average molecular weight is 241 g/mol. The van der Waals surface area contributed by atoms with Crippen molar-refractivity contribution >= 4 is 5.97 Å². The van der Waals surface area contributed by atoms with E-state index in [2.05, 4.69) is 5.32 Å². The van der Waals surface area contributed by atoms with Crippen LogP contribution in [0.2, 0.25) is 0 Å². The number of rotatable bonds is 4. The normalized spacial score (nSPS) is 38.2. The quantitative estimate of drug-likeness (QED) is 0.695. The molecule has 0 aromatic rings. The van der Waals surface area contributed by atoms with Crippen molar-refractivity contribution in [2.75, 3.05) is 6.54 Å². The van der Waals surface area contributed by atoms with Gasteiger partial charge in [-0.1, -0.05) is 6.42 Å². The number of aliphatic hydroxyl groups excluding tert-OH is 1. The SMILES string of the molecule is O=C(O)C1CCC(NCC2CCCC2O)CC1. The predicted octanol–water partition coefficient (Wildman–Crippen LogP) is 1.38. The van der Waals surface area contributed by atoms with Crippen LogP contribution >= 0.6 is 0 Å². The third-order valence-corrected chi connectivity index (χ3v) is 4.36. The van der Waals surface area contributed by atoms with Crippen molar-refractivity contribution in [1.82, 2.24) is 5.32 Å². The van der Waals surface area contributed by atoms with Gasteiger partial charge < -0.3 is 15.5 Å². The Hall–Kier alpha value is -0.610. The third-order valence-electron chi connectivity index (χ3n) is 4.36. The van der Waals surface area contributed by atoms with E-state index in [1.54, 1.807) is 0 Å². The molecular formula is C13H23NO3. The molecule has 4 heteroatoms. The van der Waals surface area contributed by atoms with Crippen LogP contribution in [0, 0.1) is 11.8 Å². The molecule has 2 rings (SSSR count). The third kappa shape index (κ3) is 3.42. The Balaban J connectivity index is 1.66. The van der Waals surface area contributed by atoms with Crippen LogP contribution in [0.5, 0.6) is 0 Å². The van der Waals surface area contributed by atoms with E-state index in [-0.39, 0.29) is 12.0 Å². The Bertz CT molecular complexity index is 261. The van der Waals surface area contributed by atoms with E-state index in [0.29, 0.717) is 12.0 Å². The molecule has 0 aromatic heterocycles. The van der Waals surface area contributed by atoms with Crippen molar-refractivity contribution in [1.29, 1.82) is 0 Å². The number of hydrogen-bond donors (Lipinski definition) is 3. The highest BCUT2D eigenvalue weighted by molar-refractivity contribution is 5.70. The van der Waals surface area contributed by atoms with Gasteiger partial charge in [0.2, 0.25) is 0 Å². The van der Waals surface area contributed by atoms with Gasteiger partial charge >= 0.3 is 5.97 Å². The minimum Gasteiger partial charge on any atom is -0.481 e. The Morgan fingerprint density at radius 1 is 1.12 bits per heavy atom. The molecule has 2 saturated carbocycles. The maximum atomic E-state index is 10.8. The van der Waals surface area contributed by atoms with Crippen molar-refractivity contribution < 1.29 is 15.0 Å². The summed E-state index contributed by atoms with van der Waals surface area (Å²) in [6, 6.07) is 0.457. The number of aliphatic hydroxyl groups is 1. The van der Waals surface area contributed by atoms with E-state index in [4.69, 9.17) is 5.11 Å². The van der Waals surface area contributed by atoms with Crippen LogP contribution < -0.4 is 5.32 Å². The van der Waals surface area contributed by atoms with Crippen molar-refractivity contribution in [3.8, 4) is 0 Å². The lowest BCUT2D eigenvalue weighted by molar-refractivity contribution is -0.142. The molecule has 2 atom stereocenters. The summed E-state index contributed by atoms with van der Waals surface area (Å²) in [6.45, 7) is 0.892. The molecule has 0 radical (unpaired) electrons. The fraction of sp³-hybridized carbons (Fsp3) is 0.923. The minimum atomic E-state index is -0.644. The Labute approximate surface area is 102 Å². The molecule has 2 unspecified atom stereocenters. The van der Waals surface area contributed by atoms with Crippen LogP contribution in [-0.2, 0) is 4.79 Å². The Morgan fingerprint density at radius 3 is 2.35 bits per heavy atom. The second kappa shape index (κ2) is 5.83. The first kappa shape index (κ1) is 12.8. The lowest BCUT2D eigenvalue weighted by Gasteiger charge is -2.28. The summed E-state index contributed by atoms with van der Waals surface area (Å²) in [5, 5.41) is 22.1. The maximum absolute atomic E-state index is 10.8. The number of carbonyl (C=O) groups is 1. The maximum Gasteiger partial charge on any atom is 0.306 e. The van der Waals surface area contributed by atoms with Gasteiger partial charge in [0.15, 0.2) is 0 Å². The highest BCUT2D eigenvalue weighted by Gasteiger charge is 2.28. The summed E-state index contributed by atoms with van der Waals surface area (Å²) in [5.41, 5.74) is 0. The number of hydrogen-bond acceptors (Lipinski definition) is 3. The molecule has 0 amide bonds. The molecule has 4 nitrogen and oxygen atoms in total. The Morgan fingerprint density at radius 2 is 1.82 bits per heavy atom. The number of carboxylic acids is 1. The van der Waals surface area contributed by atoms with E-state index in [1.807, 2.05) is 0 Å². The summed E-state index contributed by atoms with van der Waals surface area (Å²) in [7, 11) is 0. The van der Waals surface area contributed by atoms with Crippen LogP contribution in [0.3, 0.4) is 0 Å². The number of nitrogens with one attached hydrogen (secondary N) is 1. The van der Waals surface area contributed by atoms with E-state index in [1.165, 1.54) is 0 Å². The monoisotopic (exact) mass is 241 g/mol. The van der Waals surface area contributed by atoms with Crippen molar-refractivity contribution in [3.63, 3.8) is 0 Å². The van der Waals surface area contributed by atoms with Crippen LogP contribution in [0.4, 0.5) is 0 Å². The number of aliphatic carboxylic acids is 1. The standard InChI is InChI=1S/C13H23NO3/c15-12-3-1-2-10(12)8-14-11-6-4-9(5-7-11)13(16)17/h9-12,14-15H,1-8H2,(H,16,17). The summed E-state index contributed by atoms with van der Waals surface area (Å²) in [6.07, 6.45) is 6.58. The van der Waals surface area contributed by atoms with Crippen LogP contribution in [-0.4, -0.2) is 34.9 Å². The molecule has 0 aliphatic heterocycles. The molecule has 2 fully saturated rings. The van der Waals surface area contributed by atoms with Crippen LogP contribution in [0.1, 0.15) is 44.9 Å². The molecule has 0 heterocycles. The van der Waals surface area contributed by atoms with Gasteiger partial charge in [-0.2, -0.15) is 0 Å². The minimum absolute atomic E-state index is 0.127. The van der Waals surface area contributed by atoms with E-state index < -0.39 is 5.97 Å². The predicted molar refractivity (Wildman–Crippen MR) is 64.7 cm³/mol. The molecule has 0 spiro atoms. The highest BCUT2D eigenvalue weighted by Crippen LogP contribution is 2.27. The number of carboxylic acid groups (broad SMARTS) is 1. The molecule has 2 aliphatic carbocycles. The van der Waals surface area contributed by atoms with Crippen LogP contribution in [0.15, 0.2) is 0 Å². The lowest BCUT2D eigenvalue weighted by atomic mass is 9.86. The average Bonchev–Trinajstić information content (AvgIpc) is 2.73. The van der Waals surface area contributed by atoms with Gasteiger partial charge in [0.25, 0.3) is 0 Å². The molecule has 3 N–H and O–H groups in total. The van der Waals surface area contributed by atoms with Crippen LogP contribution in [0.25, 0.3) is 0 Å². The fourth-order valence-corrected chi connectivity index (χ4v) is 3.12. The van der Waals surface area contributed by atoms with Crippen molar-refractivity contribution in [3.05, 3.63) is 0 Å². The lowest BCUT2D eigenvalue weighted by Crippen LogP contribution is -2.39. The molecular weight excluding hydrogens is 218 g/mol. The van der Waals surface area contributed by atoms with Gasteiger partial charge in [-0.15, -0.1) is 0 Å². The van der Waals surface area contributed by atoms with Crippen molar-refractivity contribution in [2.24, 2.45) is 11.8 Å². The first-order valence-corrected chi connectivity index (χ1v) is 6.81. The molecule has 0 aromatic carbocycles. The van der Waals surface area contributed by atoms with E-state index >= 15 is 0 Å². The molecule has 0 saturated heterocycles. The zero-order valence-corrected chi connectivity index (χ0v) is 10.3. The van der Waals surface area contributed by atoms with Gasteiger partial charge in [0.05, 0.1) is 12.0 Å². The highest BCUT2D eigenvalue weighted by atomic mass is 16.4. The van der Waals surface area contributed by atoms with E-state index in [9.17, 15) is 9.90 Å². The van der Waals surface area contributed by atoms with Gasteiger partial charge in [0.1, 0.15) is 0 Å². The second-order valence-electron chi connectivity index (χ2n) is 5.55. The molecule has 2 aliphatic rings. The molecule has 0 bridgehead atoms. The van der Waals surface area contributed by atoms with Gasteiger partial charge in [-0.05, 0) is 44.4 Å². The fourth-order valence-electron chi connectivity index (χ4n) is 3.12. The van der Waals surface area contributed by atoms with Crippen molar-refractivity contribution in [2.45, 2.75) is 57.1 Å². The summed E-state index contributed by atoms with van der Waals surface area (Å²) >= 11 is 0. The summed E-state index contributed by atoms with van der Waals surface area (Å²) in [5.74, 6) is -0.369. The molecule has 17 heavy (non-hydrogen) atoms. The zero-order valence-electron chi connectivity index (χ0n) is 10.3. The van der Waals surface area contributed by atoms with E-state index in [0.717, 1.165) is 51.5 Å². The first-order valence-electron chi connectivity index (χ1n) is 6.81. The second-order valence-corrected chi connectivity index (χ2v) is 5.55. The summed E-state index contributed by atoms with van der Waals surface area (Å²) in [4.78, 5) is 10.8. The zero-order chi connectivity index (χ0) is 12.3.